The summed E-state index contributed by atoms with van der Waals surface area (Å²) < 4.78 is 9.46. The molecule has 8 aromatic carbocycles. The molecular formula is C46H29NOS. The minimum Gasteiger partial charge on any atom is -0.455 e. The summed E-state index contributed by atoms with van der Waals surface area (Å²) in [5, 5.41) is 7.11. The maximum atomic E-state index is 6.87. The Labute approximate surface area is 287 Å². The van der Waals surface area contributed by atoms with Gasteiger partial charge in [-0.15, -0.1) is 11.3 Å². The molecule has 0 fully saturated rings. The van der Waals surface area contributed by atoms with Gasteiger partial charge in [0.1, 0.15) is 11.2 Å². The first-order valence-corrected chi connectivity index (χ1v) is 17.4. The molecule has 2 nitrogen and oxygen atoms in total. The number of thiophene rings is 1. The Morgan fingerprint density at radius 2 is 1.02 bits per heavy atom. The highest BCUT2D eigenvalue weighted by atomic mass is 32.1. The molecule has 0 atom stereocenters. The largest absolute Gasteiger partial charge is 0.455 e. The molecule has 0 aliphatic rings. The summed E-state index contributed by atoms with van der Waals surface area (Å²) in [6.07, 6.45) is 0. The summed E-state index contributed by atoms with van der Waals surface area (Å²) in [6, 6.07) is 63.2. The van der Waals surface area contributed by atoms with Gasteiger partial charge in [-0.25, -0.2) is 0 Å². The molecule has 0 bridgehead atoms. The van der Waals surface area contributed by atoms with Crippen LogP contribution in [0, 0.1) is 0 Å². The first kappa shape index (κ1) is 27.9. The maximum absolute atomic E-state index is 6.87. The van der Waals surface area contributed by atoms with Crippen molar-refractivity contribution in [3.8, 4) is 22.3 Å². The topological polar surface area (TPSA) is 16.4 Å². The van der Waals surface area contributed by atoms with Gasteiger partial charge in [0.05, 0.1) is 11.4 Å². The normalized spacial score (nSPS) is 11.7. The van der Waals surface area contributed by atoms with E-state index < -0.39 is 0 Å². The molecule has 0 amide bonds. The average Bonchev–Trinajstić information content (AvgIpc) is 3.74. The third-order valence-electron chi connectivity index (χ3n) is 9.67. The molecule has 2 heterocycles. The molecule has 10 rings (SSSR count). The summed E-state index contributed by atoms with van der Waals surface area (Å²) in [7, 11) is 0. The fourth-order valence-corrected chi connectivity index (χ4v) is 8.51. The third kappa shape index (κ3) is 4.47. The molecule has 0 saturated heterocycles. The highest BCUT2D eigenvalue weighted by Crippen LogP contribution is 2.48. The van der Waals surface area contributed by atoms with Crippen molar-refractivity contribution in [2.75, 3.05) is 4.90 Å². The Bertz CT molecular complexity index is 2840. The van der Waals surface area contributed by atoms with E-state index in [4.69, 9.17) is 4.42 Å². The maximum Gasteiger partial charge on any atom is 0.143 e. The Kier molecular flexibility index (Phi) is 6.39. The van der Waals surface area contributed by atoms with E-state index in [0.717, 1.165) is 55.5 Å². The predicted octanol–water partition coefficient (Wildman–Crippen LogP) is 13.9. The molecule has 230 valence electrons. The van der Waals surface area contributed by atoms with Gasteiger partial charge in [0, 0.05) is 58.7 Å². The fraction of sp³-hybridized carbons (Fsp3) is 0. The molecule has 0 radical (unpaired) electrons. The van der Waals surface area contributed by atoms with Gasteiger partial charge in [0.25, 0.3) is 0 Å². The Balaban J connectivity index is 1.26. The first-order valence-electron chi connectivity index (χ1n) is 16.6. The number of benzene rings is 8. The molecule has 0 unspecified atom stereocenters. The monoisotopic (exact) mass is 643 g/mol. The first-order chi connectivity index (χ1) is 24.3. The summed E-state index contributed by atoms with van der Waals surface area (Å²) in [4.78, 5) is 2.43. The highest BCUT2D eigenvalue weighted by Gasteiger charge is 2.23. The van der Waals surface area contributed by atoms with Crippen molar-refractivity contribution in [2.24, 2.45) is 0 Å². The molecule has 0 saturated carbocycles. The predicted molar refractivity (Wildman–Crippen MR) is 210 cm³/mol. The number of hydrogen-bond acceptors (Lipinski definition) is 3. The summed E-state index contributed by atoms with van der Waals surface area (Å²) in [5.41, 5.74) is 9.65. The van der Waals surface area contributed by atoms with Crippen molar-refractivity contribution in [1.29, 1.82) is 0 Å². The standard InChI is InChI=1S/C46H29NOS/c1-2-13-30(14-3-1)33-16-6-9-22-41(33)47(32-26-28-44-40(29-32)36-19-8-11-24-43(36)49-44)42-23-10-7-18-35(42)37-20-12-21-38-39-27-25-31-15-4-5-17-34(31)45(39)48-46(37)38/h1-29H. The lowest BCUT2D eigenvalue weighted by atomic mass is 9.97. The fourth-order valence-electron chi connectivity index (χ4n) is 7.43. The van der Waals surface area contributed by atoms with Crippen LogP contribution in [0.3, 0.4) is 0 Å². The van der Waals surface area contributed by atoms with E-state index in [9.17, 15) is 0 Å². The molecule has 0 spiro atoms. The van der Waals surface area contributed by atoms with Gasteiger partial charge in [-0.1, -0.05) is 133 Å². The Morgan fingerprint density at radius 3 is 1.90 bits per heavy atom. The van der Waals surface area contributed by atoms with Gasteiger partial charge in [-0.2, -0.15) is 0 Å². The minimum absolute atomic E-state index is 0.900. The van der Waals surface area contributed by atoms with Crippen LogP contribution in [-0.2, 0) is 0 Å². The molecule has 49 heavy (non-hydrogen) atoms. The zero-order chi connectivity index (χ0) is 32.3. The molecular weight excluding hydrogens is 615 g/mol. The zero-order valence-corrected chi connectivity index (χ0v) is 27.3. The lowest BCUT2D eigenvalue weighted by molar-refractivity contribution is 0.674. The van der Waals surface area contributed by atoms with Gasteiger partial charge < -0.3 is 9.32 Å². The van der Waals surface area contributed by atoms with Crippen LogP contribution in [0.25, 0.3) is 75.1 Å². The van der Waals surface area contributed by atoms with Crippen LogP contribution in [0.4, 0.5) is 17.1 Å². The lowest BCUT2D eigenvalue weighted by Crippen LogP contribution is -2.12. The Morgan fingerprint density at radius 1 is 0.388 bits per heavy atom. The molecule has 3 heteroatoms. The Hall–Kier alpha value is -6.16. The van der Waals surface area contributed by atoms with E-state index >= 15 is 0 Å². The van der Waals surface area contributed by atoms with E-state index in [2.05, 4.69) is 181 Å². The van der Waals surface area contributed by atoms with Gasteiger partial charge >= 0.3 is 0 Å². The van der Waals surface area contributed by atoms with Crippen molar-refractivity contribution in [3.05, 3.63) is 176 Å². The van der Waals surface area contributed by atoms with Crippen LogP contribution in [0.5, 0.6) is 0 Å². The van der Waals surface area contributed by atoms with Crippen molar-refractivity contribution in [1.82, 2.24) is 0 Å². The van der Waals surface area contributed by atoms with Crippen molar-refractivity contribution in [2.45, 2.75) is 0 Å². The van der Waals surface area contributed by atoms with Gasteiger partial charge in [0.15, 0.2) is 0 Å². The van der Waals surface area contributed by atoms with E-state index in [1.54, 1.807) is 0 Å². The molecule has 0 N–H and O–H groups in total. The molecule has 2 aromatic heterocycles. The summed E-state index contributed by atoms with van der Waals surface area (Å²) >= 11 is 1.85. The van der Waals surface area contributed by atoms with Crippen LogP contribution < -0.4 is 4.90 Å². The average molecular weight is 644 g/mol. The summed E-state index contributed by atoms with van der Waals surface area (Å²) in [6.45, 7) is 0. The van der Waals surface area contributed by atoms with Crippen LogP contribution in [0.1, 0.15) is 0 Å². The third-order valence-corrected chi connectivity index (χ3v) is 10.8. The van der Waals surface area contributed by atoms with Crippen LogP contribution in [0.15, 0.2) is 180 Å². The van der Waals surface area contributed by atoms with Crippen molar-refractivity contribution in [3.63, 3.8) is 0 Å². The number of nitrogens with zero attached hydrogens (tertiary/aromatic N) is 1. The summed E-state index contributed by atoms with van der Waals surface area (Å²) in [5.74, 6) is 0. The van der Waals surface area contributed by atoms with Gasteiger partial charge in [0.2, 0.25) is 0 Å². The number of anilines is 3. The quantitative estimate of drug-likeness (QED) is 0.186. The smallest absolute Gasteiger partial charge is 0.143 e. The van der Waals surface area contributed by atoms with Crippen LogP contribution in [0.2, 0.25) is 0 Å². The zero-order valence-electron chi connectivity index (χ0n) is 26.5. The number of hydrogen-bond donors (Lipinski definition) is 0. The van der Waals surface area contributed by atoms with Gasteiger partial charge in [-0.05, 0) is 53.4 Å². The van der Waals surface area contributed by atoms with E-state index in [0.29, 0.717) is 0 Å². The SMILES string of the molecule is c1ccc(-c2ccccc2N(c2ccc3sc4ccccc4c3c2)c2ccccc2-c2cccc3c2oc2c4ccccc4ccc32)cc1. The van der Waals surface area contributed by atoms with E-state index in [1.165, 1.54) is 36.7 Å². The van der Waals surface area contributed by atoms with Crippen LogP contribution >= 0.6 is 11.3 Å². The second-order valence-electron chi connectivity index (χ2n) is 12.5. The molecule has 0 aliphatic carbocycles. The molecule has 0 aliphatic heterocycles. The van der Waals surface area contributed by atoms with Gasteiger partial charge in [-0.3, -0.25) is 0 Å². The van der Waals surface area contributed by atoms with E-state index in [1.807, 2.05) is 11.3 Å². The number of rotatable bonds is 5. The number of para-hydroxylation sites is 3. The second-order valence-corrected chi connectivity index (χ2v) is 13.5. The number of fused-ring (bicyclic) bond motifs is 8. The van der Waals surface area contributed by atoms with Crippen LogP contribution in [-0.4, -0.2) is 0 Å². The lowest BCUT2D eigenvalue weighted by Gasteiger charge is -2.30. The minimum atomic E-state index is 0.900. The molecule has 10 aromatic rings. The van der Waals surface area contributed by atoms with Crippen molar-refractivity contribution >= 4 is 81.3 Å². The second kappa shape index (κ2) is 11.2. The van der Waals surface area contributed by atoms with E-state index in [-0.39, 0.29) is 0 Å². The highest BCUT2D eigenvalue weighted by molar-refractivity contribution is 7.25. The van der Waals surface area contributed by atoms with Crippen molar-refractivity contribution < 1.29 is 4.42 Å². The number of furan rings is 1.